The molecule has 0 aromatic heterocycles. The first-order chi connectivity index (χ1) is 11.3. The highest BCUT2D eigenvalue weighted by molar-refractivity contribution is 7.93. The smallest absolute Gasteiger partial charge is 0.252 e. The van der Waals surface area contributed by atoms with Gasteiger partial charge in [-0.25, -0.2) is 8.42 Å². The Morgan fingerprint density at radius 2 is 2.00 bits per heavy atom. The van der Waals surface area contributed by atoms with E-state index < -0.39 is 15.6 Å². The van der Waals surface area contributed by atoms with Crippen molar-refractivity contribution >= 4 is 21.6 Å². The summed E-state index contributed by atoms with van der Waals surface area (Å²) in [6, 6.07) is 5.16. The summed E-state index contributed by atoms with van der Waals surface area (Å²) in [5, 5.41) is 3.05. The summed E-state index contributed by atoms with van der Waals surface area (Å²) in [4.78, 5) is 12.6. The van der Waals surface area contributed by atoms with Crippen LogP contribution < -0.4 is 15.4 Å². The molecule has 1 heterocycles. The van der Waals surface area contributed by atoms with Crippen LogP contribution in [0.1, 0.15) is 49.0 Å². The highest BCUT2D eigenvalue weighted by Gasteiger charge is 2.30. The summed E-state index contributed by atoms with van der Waals surface area (Å²) < 4.78 is 25.5. The maximum atomic E-state index is 12.6. The second kappa shape index (κ2) is 7.11. The van der Waals surface area contributed by atoms with E-state index in [0.717, 1.165) is 18.4 Å². The number of nitrogens with zero attached hydrogens (tertiary/aromatic N) is 1. The molecule has 134 valence electrons. The van der Waals surface area contributed by atoms with Crippen LogP contribution in [0, 0.1) is 6.92 Å². The Morgan fingerprint density at radius 1 is 1.33 bits per heavy atom. The molecule has 2 rings (SSSR count). The molecule has 7 heteroatoms. The summed E-state index contributed by atoms with van der Waals surface area (Å²) in [6.07, 6.45) is 2.15. The number of hydrogen-bond donors (Lipinski definition) is 2. The van der Waals surface area contributed by atoms with E-state index in [1.54, 1.807) is 18.2 Å². The molecule has 1 fully saturated rings. The van der Waals surface area contributed by atoms with Gasteiger partial charge in [-0.2, -0.15) is 0 Å². The Morgan fingerprint density at radius 3 is 2.46 bits per heavy atom. The molecule has 1 aliphatic heterocycles. The van der Waals surface area contributed by atoms with Gasteiger partial charge in [0.05, 0.1) is 17.0 Å². The summed E-state index contributed by atoms with van der Waals surface area (Å²) >= 11 is 0. The lowest BCUT2D eigenvalue weighted by Crippen LogP contribution is -2.53. The van der Waals surface area contributed by atoms with Crippen molar-refractivity contribution in [3.8, 4) is 0 Å². The maximum absolute atomic E-state index is 12.6. The van der Waals surface area contributed by atoms with Crippen molar-refractivity contribution in [1.29, 1.82) is 0 Å². The number of aryl methyl sites for hydroxylation is 1. The number of carbonyl (C=O) groups excluding carboxylic acids is 1. The minimum absolute atomic E-state index is 0.169. The normalized spacial score (nSPS) is 17.1. The Labute approximate surface area is 144 Å². The molecule has 24 heavy (non-hydrogen) atoms. The maximum Gasteiger partial charge on any atom is 0.252 e. The number of sulfonamides is 1. The highest BCUT2D eigenvalue weighted by atomic mass is 32.2. The third-order valence-corrected chi connectivity index (χ3v) is 6.83. The predicted molar refractivity (Wildman–Crippen MR) is 96.8 cm³/mol. The Hall–Kier alpha value is -1.60. The average Bonchev–Trinajstić information content (AvgIpc) is 2.91. The molecule has 1 saturated heterocycles. The van der Waals surface area contributed by atoms with Gasteiger partial charge in [0.25, 0.3) is 5.91 Å². The van der Waals surface area contributed by atoms with Crippen LogP contribution in [0.15, 0.2) is 18.2 Å². The van der Waals surface area contributed by atoms with Crippen LogP contribution in [-0.2, 0) is 10.0 Å². The molecule has 0 aliphatic carbocycles. The van der Waals surface area contributed by atoms with Gasteiger partial charge in [0, 0.05) is 18.7 Å². The zero-order valence-corrected chi connectivity index (χ0v) is 15.4. The lowest BCUT2D eigenvalue weighted by molar-refractivity contribution is 0.0894. The standard InChI is InChI=1S/C17H27N3O3S/c1-4-17(5-2,12-18)19-16(21)15-8-7-14(11-13(15)3)20-9-6-10-24(20,22)23/h7-8,11H,4-6,9-10,12,18H2,1-3H3,(H,19,21). The molecule has 0 spiro atoms. The summed E-state index contributed by atoms with van der Waals surface area (Å²) in [5.41, 5.74) is 7.37. The Kier molecular flexibility index (Phi) is 5.55. The zero-order valence-electron chi connectivity index (χ0n) is 14.6. The van der Waals surface area contributed by atoms with Crippen molar-refractivity contribution in [2.45, 2.75) is 45.6 Å². The fourth-order valence-corrected chi connectivity index (χ4v) is 4.62. The lowest BCUT2D eigenvalue weighted by atomic mass is 9.92. The Balaban J connectivity index is 2.25. The third-order valence-electron chi connectivity index (χ3n) is 4.96. The number of rotatable bonds is 6. The third kappa shape index (κ3) is 3.57. The molecule has 0 saturated carbocycles. The Bertz CT molecular complexity index is 704. The van der Waals surface area contributed by atoms with Crippen LogP contribution in [0.25, 0.3) is 0 Å². The molecule has 0 bridgehead atoms. The number of hydrogen-bond acceptors (Lipinski definition) is 4. The summed E-state index contributed by atoms with van der Waals surface area (Å²) in [7, 11) is -3.21. The topological polar surface area (TPSA) is 92.5 Å². The van der Waals surface area contributed by atoms with Crippen LogP contribution in [0.4, 0.5) is 5.69 Å². The fraction of sp³-hybridized carbons (Fsp3) is 0.588. The first-order valence-electron chi connectivity index (χ1n) is 8.42. The van der Waals surface area contributed by atoms with E-state index in [2.05, 4.69) is 5.32 Å². The quantitative estimate of drug-likeness (QED) is 0.815. The van der Waals surface area contributed by atoms with Gasteiger partial charge in [0.1, 0.15) is 0 Å². The molecule has 1 aliphatic rings. The number of nitrogens with two attached hydrogens (primary N) is 1. The first-order valence-corrected chi connectivity index (χ1v) is 10.0. The van der Waals surface area contributed by atoms with Crippen molar-refractivity contribution in [1.82, 2.24) is 5.32 Å². The van der Waals surface area contributed by atoms with Gasteiger partial charge in [-0.05, 0) is 49.9 Å². The van der Waals surface area contributed by atoms with E-state index in [9.17, 15) is 13.2 Å². The van der Waals surface area contributed by atoms with E-state index in [-0.39, 0.29) is 11.7 Å². The summed E-state index contributed by atoms with van der Waals surface area (Å²) in [5.74, 6) is 0.0119. The largest absolute Gasteiger partial charge is 0.345 e. The van der Waals surface area contributed by atoms with E-state index in [4.69, 9.17) is 5.73 Å². The fourth-order valence-electron chi connectivity index (χ4n) is 3.06. The van der Waals surface area contributed by atoms with Gasteiger partial charge in [0.15, 0.2) is 0 Å². The second-order valence-electron chi connectivity index (χ2n) is 6.39. The molecule has 3 N–H and O–H groups in total. The van der Waals surface area contributed by atoms with E-state index in [1.807, 2.05) is 20.8 Å². The van der Waals surface area contributed by atoms with Crippen molar-refractivity contribution in [3.63, 3.8) is 0 Å². The average molecular weight is 353 g/mol. The molecule has 0 atom stereocenters. The van der Waals surface area contributed by atoms with E-state index in [0.29, 0.717) is 30.8 Å². The summed E-state index contributed by atoms with van der Waals surface area (Å²) in [6.45, 7) is 6.71. The monoisotopic (exact) mass is 353 g/mol. The SMILES string of the molecule is CCC(CC)(CN)NC(=O)c1ccc(N2CCCS2(=O)=O)cc1C. The van der Waals surface area contributed by atoms with Crippen LogP contribution in [-0.4, -0.2) is 38.7 Å². The van der Waals surface area contributed by atoms with Crippen LogP contribution in [0.5, 0.6) is 0 Å². The van der Waals surface area contributed by atoms with Crippen molar-refractivity contribution < 1.29 is 13.2 Å². The van der Waals surface area contributed by atoms with Crippen LogP contribution in [0.2, 0.25) is 0 Å². The minimum atomic E-state index is -3.21. The molecule has 1 amide bonds. The molecular weight excluding hydrogens is 326 g/mol. The number of anilines is 1. The number of amides is 1. The number of carbonyl (C=O) groups is 1. The molecular formula is C17H27N3O3S. The molecule has 1 aromatic carbocycles. The molecule has 0 unspecified atom stereocenters. The van der Waals surface area contributed by atoms with Crippen LogP contribution in [0.3, 0.4) is 0 Å². The zero-order chi connectivity index (χ0) is 18.0. The number of nitrogens with one attached hydrogen (secondary N) is 1. The molecule has 6 nitrogen and oxygen atoms in total. The van der Waals surface area contributed by atoms with Gasteiger partial charge >= 0.3 is 0 Å². The minimum Gasteiger partial charge on any atom is -0.345 e. The van der Waals surface area contributed by atoms with Gasteiger partial charge < -0.3 is 11.1 Å². The van der Waals surface area contributed by atoms with Crippen molar-refractivity contribution in [3.05, 3.63) is 29.3 Å². The highest BCUT2D eigenvalue weighted by Crippen LogP contribution is 2.26. The second-order valence-corrected chi connectivity index (χ2v) is 8.40. The van der Waals surface area contributed by atoms with Crippen LogP contribution >= 0.6 is 0 Å². The first kappa shape index (κ1) is 18.7. The van der Waals surface area contributed by atoms with E-state index >= 15 is 0 Å². The predicted octanol–water partition coefficient (Wildman–Crippen LogP) is 1.78. The van der Waals surface area contributed by atoms with Gasteiger partial charge in [-0.3, -0.25) is 9.10 Å². The van der Waals surface area contributed by atoms with Gasteiger partial charge in [0.2, 0.25) is 10.0 Å². The van der Waals surface area contributed by atoms with Gasteiger partial charge in [-0.1, -0.05) is 13.8 Å². The number of benzene rings is 1. The van der Waals surface area contributed by atoms with Crippen molar-refractivity contribution in [2.75, 3.05) is 23.1 Å². The van der Waals surface area contributed by atoms with E-state index in [1.165, 1.54) is 4.31 Å². The molecule has 0 radical (unpaired) electrons. The van der Waals surface area contributed by atoms with Crippen molar-refractivity contribution in [2.24, 2.45) is 5.73 Å². The molecule has 1 aromatic rings. The van der Waals surface area contributed by atoms with Gasteiger partial charge in [-0.15, -0.1) is 0 Å². The lowest BCUT2D eigenvalue weighted by Gasteiger charge is -2.31.